The molecule has 0 aliphatic carbocycles. The summed E-state index contributed by atoms with van der Waals surface area (Å²) < 4.78 is 0. The zero-order valence-corrected chi connectivity index (χ0v) is 15.7. The number of anilines is 1. The second kappa shape index (κ2) is 8.94. The highest BCUT2D eigenvalue weighted by molar-refractivity contribution is 5.92. The summed E-state index contributed by atoms with van der Waals surface area (Å²) in [5.74, 6) is -0.165. The Kier molecular flexibility index (Phi) is 6.15. The third-order valence-electron chi connectivity index (χ3n) is 4.48. The Bertz CT molecular complexity index is 861. The monoisotopic (exact) mass is 360 g/mol. The van der Waals surface area contributed by atoms with Crippen molar-refractivity contribution >= 4 is 11.6 Å². The number of carbonyl (C=O) groups excluding carboxylic acids is 1. The van der Waals surface area contributed by atoms with E-state index in [1.807, 2.05) is 56.4 Å². The maximum absolute atomic E-state index is 12.3. The molecule has 0 atom stereocenters. The molecule has 0 saturated carbocycles. The van der Waals surface area contributed by atoms with Crippen molar-refractivity contribution in [1.82, 2.24) is 15.3 Å². The van der Waals surface area contributed by atoms with Crippen LogP contribution in [0.1, 0.15) is 27.2 Å². The van der Waals surface area contributed by atoms with Gasteiger partial charge in [0.1, 0.15) is 5.69 Å². The second-order valence-corrected chi connectivity index (χ2v) is 6.60. The molecule has 0 aliphatic heterocycles. The molecule has 5 nitrogen and oxygen atoms in total. The van der Waals surface area contributed by atoms with Crippen LogP contribution in [0.25, 0.3) is 0 Å². The molecule has 0 radical (unpaired) electrons. The number of carbonyl (C=O) groups is 1. The normalized spacial score (nSPS) is 10.4. The topological polar surface area (TPSA) is 58.1 Å². The van der Waals surface area contributed by atoms with Gasteiger partial charge in [-0.3, -0.25) is 9.78 Å². The van der Waals surface area contributed by atoms with Crippen LogP contribution >= 0.6 is 0 Å². The van der Waals surface area contributed by atoms with Crippen LogP contribution in [-0.2, 0) is 13.0 Å². The highest BCUT2D eigenvalue weighted by atomic mass is 16.1. The van der Waals surface area contributed by atoms with Crippen molar-refractivity contribution in [3.63, 3.8) is 0 Å². The first-order valence-electron chi connectivity index (χ1n) is 9.01. The van der Waals surface area contributed by atoms with Crippen LogP contribution in [-0.4, -0.2) is 29.5 Å². The Morgan fingerprint density at radius 3 is 2.41 bits per heavy atom. The molecule has 0 unspecified atom stereocenters. The van der Waals surface area contributed by atoms with Crippen LogP contribution in [0.5, 0.6) is 0 Å². The third-order valence-corrected chi connectivity index (χ3v) is 4.48. The molecule has 0 spiro atoms. The van der Waals surface area contributed by atoms with E-state index in [4.69, 9.17) is 0 Å². The van der Waals surface area contributed by atoms with Crippen molar-refractivity contribution in [1.29, 1.82) is 0 Å². The quantitative estimate of drug-likeness (QED) is 0.702. The molecule has 0 aliphatic rings. The van der Waals surface area contributed by atoms with Crippen LogP contribution in [0.3, 0.4) is 0 Å². The highest BCUT2D eigenvalue weighted by Gasteiger charge is 2.08. The fraction of sp³-hybridized carbons (Fsp3) is 0.227. The minimum Gasteiger partial charge on any atom is -0.373 e. The van der Waals surface area contributed by atoms with Gasteiger partial charge in [0.05, 0.1) is 11.9 Å². The number of aromatic nitrogens is 2. The summed E-state index contributed by atoms with van der Waals surface area (Å²) in [4.78, 5) is 22.8. The molecule has 138 valence electrons. The van der Waals surface area contributed by atoms with Crippen molar-refractivity contribution in [3.05, 3.63) is 89.5 Å². The largest absolute Gasteiger partial charge is 0.373 e. The van der Waals surface area contributed by atoms with Gasteiger partial charge in [0, 0.05) is 32.5 Å². The van der Waals surface area contributed by atoms with E-state index in [0.29, 0.717) is 12.2 Å². The number of nitrogens with one attached hydrogen (secondary N) is 1. The van der Waals surface area contributed by atoms with Crippen molar-refractivity contribution < 1.29 is 4.79 Å². The number of rotatable bonds is 7. The molecule has 5 heteroatoms. The van der Waals surface area contributed by atoms with Crippen molar-refractivity contribution in [3.8, 4) is 0 Å². The molecule has 1 N–H and O–H groups in total. The van der Waals surface area contributed by atoms with E-state index in [1.165, 1.54) is 11.1 Å². The first-order chi connectivity index (χ1) is 13.1. The average Bonchev–Trinajstić information content (AvgIpc) is 2.72. The van der Waals surface area contributed by atoms with E-state index < -0.39 is 0 Å². The van der Waals surface area contributed by atoms with Gasteiger partial charge in [-0.25, -0.2) is 4.98 Å². The fourth-order valence-corrected chi connectivity index (χ4v) is 2.70. The van der Waals surface area contributed by atoms with Gasteiger partial charge in [-0.15, -0.1) is 0 Å². The lowest BCUT2D eigenvalue weighted by molar-refractivity contribution is 0.0946. The summed E-state index contributed by atoms with van der Waals surface area (Å²) in [6.07, 6.45) is 6.28. The molecule has 27 heavy (non-hydrogen) atoms. The van der Waals surface area contributed by atoms with E-state index in [9.17, 15) is 4.79 Å². The molecule has 3 rings (SSSR count). The van der Waals surface area contributed by atoms with E-state index >= 15 is 0 Å². The number of amides is 1. The van der Waals surface area contributed by atoms with E-state index in [-0.39, 0.29) is 5.91 Å². The zero-order chi connectivity index (χ0) is 19.1. The molecule has 1 amide bonds. The summed E-state index contributed by atoms with van der Waals surface area (Å²) in [6, 6.07) is 15.9. The molecular formula is C22H24N4O. The van der Waals surface area contributed by atoms with Gasteiger partial charge >= 0.3 is 0 Å². The minimum atomic E-state index is -0.165. The Balaban J connectivity index is 1.52. The van der Waals surface area contributed by atoms with Gasteiger partial charge in [0.25, 0.3) is 5.91 Å². The third kappa shape index (κ3) is 5.38. The van der Waals surface area contributed by atoms with Crippen LogP contribution in [0.2, 0.25) is 0 Å². The van der Waals surface area contributed by atoms with Crippen LogP contribution < -0.4 is 10.2 Å². The van der Waals surface area contributed by atoms with Crippen molar-refractivity contribution in [2.45, 2.75) is 19.9 Å². The lowest BCUT2D eigenvalue weighted by atomic mass is 10.1. The maximum Gasteiger partial charge on any atom is 0.270 e. The molecule has 2 aromatic heterocycles. The SMILES string of the molecule is Cc1ccc(CNC(=O)c2ccc(N(C)CCc3ccncc3)cn2)cc1. The number of nitrogens with zero attached hydrogens (tertiary/aromatic N) is 3. The maximum atomic E-state index is 12.3. The van der Waals surface area contributed by atoms with E-state index in [1.54, 1.807) is 24.7 Å². The second-order valence-electron chi connectivity index (χ2n) is 6.60. The Labute approximate surface area is 160 Å². The van der Waals surface area contributed by atoms with E-state index in [0.717, 1.165) is 24.2 Å². The Morgan fingerprint density at radius 1 is 1.00 bits per heavy atom. The Morgan fingerprint density at radius 2 is 1.74 bits per heavy atom. The summed E-state index contributed by atoms with van der Waals surface area (Å²) >= 11 is 0. The molecule has 1 aromatic carbocycles. The van der Waals surface area contributed by atoms with Crippen LogP contribution in [0.4, 0.5) is 5.69 Å². The fourth-order valence-electron chi connectivity index (χ4n) is 2.70. The zero-order valence-electron chi connectivity index (χ0n) is 15.7. The Hall–Kier alpha value is -3.21. The number of pyridine rings is 2. The van der Waals surface area contributed by atoms with Crippen molar-refractivity contribution in [2.24, 2.45) is 0 Å². The number of hydrogen-bond acceptors (Lipinski definition) is 4. The van der Waals surface area contributed by atoms with Gasteiger partial charge in [0.2, 0.25) is 0 Å². The average molecular weight is 360 g/mol. The standard InChI is InChI=1S/C22H24N4O/c1-17-3-5-19(6-4-17)15-25-22(27)21-8-7-20(16-24-21)26(2)14-11-18-9-12-23-13-10-18/h3-10,12-13,16H,11,14-15H2,1-2H3,(H,25,27). The summed E-state index contributed by atoms with van der Waals surface area (Å²) in [7, 11) is 2.02. The highest BCUT2D eigenvalue weighted by Crippen LogP contribution is 2.12. The van der Waals surface area contributed by atoms with Gasteiger partial charge in [-0.1, -0.05) is 29.8 Å². The summed E-state index contributed by atoms with van der Waals surface area (Å²) in [6.45, 7) is 3.40. The predicted molar refractivity (Wildman–Crippen MR) is 108 cm³/mol. The number of benzene rings is 1. The predicted octanol–water partition coefficient (Wildman–Crippen LogP) is 3.39. The number of aryl methyl sites for hydroxylation is 1. The number of hydrogen-bond donors (Lipinski definition) is 1. The molecule has 2 heterocycles. The van der Waals surface area contributed by atoms with Crippen molar-refractivity contribution in [2.75, 3.05) is 18.5 Å². The van der Waals surface area contributed by atoms with Crippen LogP contribution in [0, 0.1) is 6.92 Å². The number of likely N-dealkylation sites (N-methyl/N-ethyl adjacent to an activating group) is 1. The summed E-state index contributed by atoms with van der Waals surface area (Å²) in [5, 5.41) is 2.91. The first-order valence-corrected chi connectivity index (χ1v) is 9.01. The van der Waals surface area contributed by atoms with Gasteiger partial charge in [-0.2, -0.15) is 0 Å². The lowest BCUT2D eigenvalue weighted by Crippen LogP contribution is -2.24. The first kappa shape index (κ1) is 18.6. The minimum absolute atomic E-state index is 0.165. The van der Waals surface area contributed by atoms with Crippen LogP contribution in [0.15, 0.2) is 67.1 Å². The smallest absolute Gasteiger partial charge is 0.270 e. The lowest BCUT2D eigenvalue weighted by Gasteiger charge is -2.19. The summed E-state index contributed by atoms with van der Waals surface area (Å²) in [5.41, 5.74) is 4.93. The molecular weight excluding hydrogens is 336 g/mol. The molecule has 0 bridgehead atoms. The molecule has 3 aromatic rings. The van der Waals surface area contributed by atoms with E-state index in [2.05, 4.69) is 20.2 Å². The van der Waals surface area contributed by atoms with Gasteiger partial charge in [-0.05, 0) is 48.7 Å². The van der Waals surface area contributed by atoms with Gasteiger partial charge < -0.3 is 10.2 Å². The molecule has 0 fully saturated rings. The van der Waals surface area contributed by atoms with Gasteiger partial charge in [0.15, 0.2) is 0 Å². The molecule has 0 saturated heterocycles.